The van der Waals surface area contributed by atoms with Crippen LogP contribution in [0.3, 0.4) is 0 Å². The van der Waals surface area contributed by atoms with Crippen molar-refractivity contribution in [3.05, 3.63) is 24.1 Å². The molecule has 1 aliphatic rings. The second kappa shape index (κ2) is 2.39. The first-order valence-corrected chi connectivity index (χ1v) is 3.65. The van der Waals surface area contributed by atoms with E-state index in [2.05, 4.69) is 0 Å². The van der Waals surface area contributed by atoms with Crippen LogP contribution in [0.15, 0.2) is 24.1 Å². The molecule has 2 heteroatoms. The van der Waals surface area contributed by atoms with Gasteiger partial charge in [-0.2, -0.15) is 0 Å². The molecule has 56 valence electrons. The lowest BCUT2D eigenvalue weighted by atomic mass is 9.90. The van der Waals surface area contributed by atoms with Crippen LogP contribution >= 0.6 is 11.6 Å². The molecule has 2 atom stereocenters. The van der Waals surface area contributed by atoms with Crippen molar-refractivity contribution in [3.63, 3.8) is 0 Å². The van der Waals surface area contributed by atoms with E-state index in [0.29, 0.717) is 0 Å². The van der Waals surface area contributed by atoms with Crippen LogP contribution in [0.1, 0.15) is 13.8 Å². The highest BCUT2D eigenvalue weighted by Gasteiger charge is 2.27. The first-order chi connectivity index (χ1) is 4.52. The minimum Gasteiger partial charge on any atom is -0.207 e. The molecule has 0 saturated heterocycles. The van der Waals surface area contributed by atoms with Crippen molar-refractivity contribution in [2.75, 3.05) is 0 Å². The summed E-state index contributed by atoms with van der Waals surface area (Å²) in [6, 6.07) is 0. The summed E-state index contributed by atoms with van der Waals surface area (Å²) >= 11 is 5.95. The van der Waals surface area contributed by atoms with Crippen molar-refractivity contribution in [2.24, 2.45) is 5.92 Å². The molecular weight excluding hydrogens is 151 g/mol. The second-order valence-corrected chi connectivity index (χ2v) is 3.64. The van der Waals surface area contributed by atoms with E-state index >= 15 is 0 Å². The van der Waals surface area contributed by atoms with Crippen molar-refractivity contribution < 1.29 is 4.39 Å². The molecule has 0 aromatic heterocycles. The van der Waals surface area contributed by atoms with Crippen LogP contribution in [-0.4, -0.2) is 4.87 Å². The first-order valence-electron chi connectivity index (χ1n) is 3.28. The van der Waals surface area contributed by atoms with Crippen LogP contribution in [0, 0.1) is 5.92 Å². The molecule has 0 aliphatic heterocycles. The molecule has 0 amide bonds. The molecule has 0 fully saturated rings. The van der Waals surface area contributed by atoms with Crippen molar-refractivity contribution in [3.8, 4) is 0 Å². The van der Waals surface area contributed by atoms with E-state index in [1.165, 1.54) is 12.2 Å². The zero-order valence-electron chi connectivity index (χ0n) is 6.07. The third-order valence-electron chi connectivity index (χ3n) is 1.85. The van der Waals surface area contributed by atoms with Crippen LogP contribution in [0.2, 0.25) is 0 Å². The maximum Gasteiger partial charge on any atom is 0.120 e. The Morgan fingerprint density at radius 3 is 2.70 bits per heavy atom. The van der Waals surface area contributed by atoms with Gasteiger partial charge in [-0.3, -0.25) is 0 Å². The largest absolute Gasteiger partial charge is 0.207 e. The summed E-state index contributed by atoms with van der Waals surface area (Å²) in [6.07, 6.45) is 4.68. The van der Waals surface area contributed by atoms with Gasteiger partial charge < -0.3 is 0 Å². The Balaban J connectivity index is 2.88. The van der Waals surface area contributed by atoms with Crippen LogP contribution in [0.5, 0.6) is 0 Å². The summed E-state index contributed by atoms with van der Waals surface area (Å²) in [5.41, 5.74) is 0. The molecule has 0 N–H and O–H groups in total. The maximum absolute atomic E-state index is 12.5. The van der Waals surface area contributed by atoms with Crippen molar-refractivity contribution >= 4 is 11.6 Å². The molecule has 0 radical (unpaired) electrons. The van der Waals surface area contributed by atoms with Gasteiger partial charge in [-0.15, -0.1) is 11.6 Å². The summed E-state index contributed by atoms with van der Waals surface area (Å²) in [6.45, 7) is 3.77. The highest BCUT2D eigenvalue weighted by Crippen LogP contribution is 2.32. The Hall–Kier alpha value is -0.300. The smallest absolute Gasteiger partial charge is 0.120 e. The van der Waals surface area contributed by atoms with Gasteiger partial charge in [0.15, 0.2) is 0 Å². The Kier molecular flexibility index (Phi) is 1.86. The van der Waals surface area contributed by atoms with Crippen molar-refractivity contribution in [2.45, 2.75) is 18.7 Å². The van der Waals surface area contributed by atoms with Gasteiger partial charge in [0.25, 0.3) is 0 Å². The van der Waals surface area contributed by atoms with E-state index in [4.69, 9.17) is 11.6 Å². The van der Waals surface area contributed by atoms with Crippen molar-refractivity contribution in [1.82, 2.24) is 0 Å². The Bertz CT molecular complexity index is 191. The monoisotopic (exact) mass is 160 g/mol. The molecular formula is C8H10ClF. The fraction of sp³-hybridized carbons (Fsp3) is 0.500. The molecule has 0 heterocycles. The molecule has 0 bridgehead atoms. The van der Waals surface area contributed by atoms with E-state index in [9.17, 15) is 4.39 Å². The van der Waals surface area contributed by atoms with Gasteiger partial charge in [0.1, 0.15) is 5.83 Å². The fourth-order valence-electron chi connectivity index (χ4n) is 0.874. The lowest BCUT2D eigenvalue weighted by molar-refractivity contribution is 0.549. The van der Waals surface area contributed by atoms with Gasteiger partial charge in [0, 0.05) is 0 Å². The number of allylic oxidation sites excluding steroid dienone is 4. The molecule has 0 aromatic rings. The number of alkyl halides is 1. The lowest BCUT2D eigenvalue weighted by Crippen LogP contribution is -2.24. The van der Waals surface area contributed by atoms with Crippen LogP contribution < -0.4 is 0 Å². The predicted molar refractivity (Wildman–Crippen MR) is 41.8 cm³/mol. The number of rotatable bonds is 0. The topological polar surface area (TPSA) is 0 Å². The Morgan fingerprint density at radius 1 is 1.70 bits per heavy atom. The number of hydrogen-bond donors (Lipinski definition) is 0. The molecule has 1 rings (SSSR count). The summed E-state index contributed by atoms with van der Waals surface area (Å²) in [5.74, 6) is -0.0377. The summed E-state index contributed by atoms with van der Waals surface area (Å²) in [5, 5.41) is 0. The van der Waals surface area contributed by atoms with E-state index in [1.54, 1.807) is 6.08 Å². The van der Waals surface area contributed by atoms with Gasteiger partial charge in [0.2, 0.25) is 0 Å². The zero-order valence-corrected chi connectivity index (χ0v) is 6.82. The average Bonchev–Trinajstić information content (AvgIpc) is 1.78. The normalized spacial score (nSPS) is 39.6. The zero-order chi connectivity index (χ0) is 7.78. The SMILES string of the molecule is CC1C=CC(F)=CC1(C)Cl. The second-order valence-electron chi connectivity index (χ2n) is 2.83. The maximum atomic E-state index is 12.5. The van der Waals surface area contributed by atoms with E-state index in [-0.39, 0.29) is 11.7 Å². The minimum atomic E-state index is -0.543. The quantitative estimate of drug-likeness (QED) is 0.478. The van der Waals surface area contributed by atoms with E-state index in [0.717, 1.165) is 0 Å². The Morgan fingerprint density at radius 2 is 2.30 bits per heavy atom. The van der Waals surface area contributed by atoms with Gasteiger partial charge in [0.05, 0.1) is 4.87 Å². The minimum absolute atomic E-state index is 0.202. The average molecular weight is 161 g/mol. The number of halogens is 2. The van der Waals surface area contributed by atoms with E-state index in [1.807, 2.05) is 13.8 Å². The van der Waals surface area contributed by atoms with Crippen LogP contribution in [0.25, 0.3) is 0 Å². The molecule has 1 aliphatic carbocycles. The van der Waals surface area contributed by atoms with Gasteiger partial charge in [-0.25, -0.2) is 4.39 Å². The predicted octanol–water partition coefficient (Wildman–Crippen LogP) is 3.04. The first kappa shape index (κ1) is 7.80. The summed E-state index contributed by atoms with van der Waals surface area (Å²) < 4.78 is 12.5. The molecule has 10 heavy (non-hydrogen) atoms. The number of hydrogen-bond acceptors (Lipinski definition) is 0. The molecule has 0 aromatic carbocycles. The summed E-state index contributed by atoms with van der Waals surface area (Å²) in [4.78, 5) is -0.543. The van der Waals surface area contributed by atoms with Gasteiger partial charge in [-0.1, -0.05) is 13.0 Å². The third-order valence-corrected chi connectivity index (χ3v) is 2.31. The highest BCUT2D eigenvalue weighted by molar-refractivity contribution is 6.25. The van der Waals surface area contributed by atoms with Crippen LogP contribution in [0.4, 0.5) is 4.39 Å². The van der Waals surface area contributed by atoms with Crippen LogP contribution in [-0.2, 0) is 0 Å². The fourth-order valence-corrected chi connectivity index (χ4v) is 1.05. The summed E-state index contributed by atoms with van der Waals surface area (Å²) in [7, 11) is 0. The molecule has 0 saturated carbocycles. The molecule has 0 spiro atoms. The van der Waals surface area contributed by atoms with E-state index < -0.39 is 4.87 Å². The standard InChI is InChI=1S/C8H10ClF/c1-6-3-4-7(10)5-8(6,2)9/h3-6H,1-2H3. The molecule has 0 nitrogen and oxygen atoms in total. The lowest BCUT2D eigenvalue weighted by Gasteiger charge is -2.25. The van der Waals surface area contributed by atoms with Crippen molar-refractivity contribution in [1.29, 1.82) is 0 Å². The highest BCUT2D eigenvalue weighted by atomic mass is 35.5. The third kappa shape index (κ3) is 1.40. The molecule has 2 unspecified atom stereocenters. The Labute approximate surface area is 65.4 Å². The van der Waals surface area contributed by atoms with Gasteiger partial charge in [-0.05, 0) is 25.0 Å². The van der Waals surface area contributed by atoms with Gasteiger partial charge >= 0.3 is 0 Å².